The molecule has 0 aliphatic rings. The van der Waals surface area contributed by atoms with Gasteiger partial charge in [0.2, 0.25) is 5.91 Å². The summed E-state index contributed by atoms with van der Waals surface area (Å²) in [5.74, 6) is -2.39. The lowest BCUT2D eigenvalue weighted by Crippen LogP contribution is -2.21. The number of halogens is 3. The van der Waals surface area contributed by atoms with Crippen LogP contribution in [0.5, 0.6) is 0 Å². The fourth-order valence-electron chi connectivity index (χ4n) is 2.61. The van der Waals surface area contributed by atoms with Gasteiger partial charge in [-0.3, -0.25) is 14.4 Å². The molecule has 0 radical (unpaired) electrons. The van der Waals surface area contributed by atoms with Crippen molar-refractivity contribution in [3.8, 4) is 0 Å². The molecule has 2 aromatic carbocycles. The molecule has 2 aromatic rings. The molecule has 33 heavy (non-hydrogen) atoms. The Morgan fingerprint density at radius 1 is 0.879 bits per heavy atom. The van der Waals surface area contributed by atoms with Crippen LogP contribution in [0.15, 0.2) is 48.5 Å². The predicted molar refractivity (Wildman–Crippen MR) is 111 cm³/mol. The van der Waals surface area contributed by atoms with Gasteiger partial charge in [-0.2, -0.15) is 13.2 Å². The molecule has 0 unspecified atom stereocenters. The monoisotopic (exact) mass is 466 g/mol. The standard InChI is InChI=1S/C22H21F3N2O6/c1-32-21(31)14-8-10-16(11-9-14)26-19(29)13-33-20(30)7-3-6-18(28)27-17-5-2-4-15(12-17)22(23,24)25/h2,4-5,8-12H,3,6-7,13H2,1H3,(H,26,29)(H,27,28). The minimum Gasteiger partial charge on any atom is -0.465 e. The summed E-state index contributed by atoms with van der Waals surface area (Å²) >= 11 is 0. The average Bonchev–Trinajstić information content (AvgIpc) is 2.77. The molecular formula is C22H21F3N2O6. The molecule has 0 saturated heterocycles. The number of nitrogens with one attached hydrogen (secondary N) is 2. The van der Waals surface area contributed by atoms with E-state index in [1.165, 1.54) is 43.5 Å². The molecule has 0 aliphatic carbocycles. The van der Waals surface area contributed by atoms with E-state index in [0.29, 0.717) is 11.3 Å². The van der Waals surface area contributed by atoms with Crippen molar-refractivity contribution in [2.45, 2.75) is 25.4 Å². The van der Waals surface area contributed by atoms with Gasteiger partial charge in [-0.25, -0.2) is 4.79 Å². The normalized spacial score (nSPS) is 10.8. The Labute approximate surface area is 187 Å². The van der Waals surface area contributed by atoms with Crippen molar-refractivity contribution in [2.75, 3.05) is 24.4 Å². The third-order valence-corrected chi connectivity index (χ3v) is 4.21. The van der Waals surface area contributed by atoms with Crippen molar-refractivity contribution in [1.29, 1.82) is 0 Å². The Kier molecular flexibility index (Phi) is 8.96. The van der Waals surface area contributed by atoms with Crippen LogP contribution in [0.2, 0.25) is 0 Å². The van der Waals surface area contributed by atoms with Crippen molar-refractivity contribution >= 4 is 35.1 Å². The second-order valence-corrected chi connectivity index (χ2v) is 6.76. The highest BCUT2D eigenvalue weighted by Gasteiger charge is 2.30. The molecule has 0 atom stereocenters. The molecule has 2 rings (SSSR count). The summed E-state index contributed by atoms with van der Waals surface area (Å²) in [6.45, 7) is -0.548. The first-order chi connectivity index (χ1) is 15.6. The van der Waals surface area contributed by atoms with Crippen LogP contribution in [-0.2, 0) is 30.0 Å². The summed E-state index contributed by atoms with van der Waals surface area (Å²) in [5, 5.41) is 4.82. The summed E-state index contributed by atoms with van der Waals surface area (Å²) in [6, 6.07) is 10.1. The maximum atomic E-state index is 12.7. The lowest BCUT2D eigenvalue weighted by Gasteiger charge is -2.10. The number of amides is 2. The summed E-state index contributed by atoms with van der Waals surface area (Å²) < 4.78 is 47.5. The number of carbonyl (C=O) groups excluding carboxylic acids is 4. The SMILES string of the molecule is COC(=O)c1ccc(NC(=O)COC(=O)CCCC(=O)Nc2cccc(C(F)(F)F)c2)cc1. The number of methoxy groups -OCH3 is 1. The van der Waals surface area contributed by atoms with Crippen molar-refractivity contribution < 1.29 is 41.8 Å². The van der Waals surface area contributed by atoms with Gasteiger partial charge in [0.05, 0.1) is 18.2 Å². The maximum Gasteiger partial charge on any atom is 0.416 e. The first-order valence-corrected chi connectivity index (χ1v) is 9.69. The van der Waals surface area contributed by atoms with E-state index < -0.39 is 42.1 Å². The number of alkyl halides is 3. The Morgan fingerprint density at radius 2 is 1.55 bits per heavy atom. The molecule has 0 fully saturated rings. The van der Waals surface area contributed by atoms with Crippen LogP contribution in [0.3, 0.4) is 0 Å². The van der Waals surface area contributed by atoms with Crippen molar-refractivity contribution in [3.63, 3.8) is 0 Å². The van der Waals surface area contributed by atoms with Crippen molar-refractivity contribution in [1.82, 2.24) is 0 Å². The van der Waals surface area contributed by atoms with Gasteiger partial charge >= 0.3 is 18.1 Å². The Hall–Kier alpha value is -3.89. The first-order valence-electron chi connectivity index (χ1n) is 9.69. The van der Waals surface area contributed by atoms with Crippen LogP contribution >= 0.6 is 0 Å². The second kappa shape index (κ2) is 11.7. The van der Waals surface area contributed by atoms with Crippen LogP contribution in [0.4, 0.5) is 24.5 Å². The summed E-state index contributed by atoms with van der Waals surface area (Å²) in [5.41, 5.74) is -0.204. The molecule has 0 bridgehead atoms. The van der Waals surface area contributed by atoms with E-state index in [4.69, 9.17) is 4.74 Å². The third-order valence-electron chi connectivity index (χ3n) is 4.21. The van der Waals surface area contributed by atoms with Crippen LogP contribution in [-0.4, -0.2) is 37.5 Å². The quantitative estimate of drug-likeness (QED) is 0.544. The van der Waals surface area contributed by atoms with E-state index in [2.05, 4.69) is 15.4 Å². The minimum atomic E-state index is -4.52. The second-order valence-electron chi connectivity index (χ2n) is 6.76. The topological polar surface area (TPSA) is 111 Å². The van der Waals surface area contributed by atoms with E-state index in [-0.39, 0.29) is 24.9 Å². The number of benzene rings is 2. The molecule has 176 valence electrons. The fraction of sp³-hybridized carbons (Fsp3) is 0.273. The van der Waals surface area contributed by atoms with Gasteiger partial charge in [0.25, 0.3) is 5.91 Å². The number of hydrogen-bond donors (Lipinski definition) is 2. The average molecular weight is 466 g/mol. The van der Waals surface area contributed by atoms with Crippen LogP contribution in [0.1, 0.15) is 35.2 Å². The van der Waals surface area contributed by atoms with E-state index >= 15 is 0 Å². The minimum absolute atomic E-state index is 0.00584. The Morgan fingerprint density at radius 3 is 2.18 bits per heavy atom. The zero-order valence-corrected chi connectivity index (χ0v) is 17.5. The summed E-state index contributed by atoms with van der Waals surface area (Å²) in [6.07, 6.45) is -4.72. The molecule has 0 aromatic heterocycles. The molecule has 11 heteroatoms. The number of anilines is 2. The Bertz CT molecular complexity index is 1010. The van der Waals surface area contributed by atoms with E-state index in [9.17, 15) is 32.3 Å². The van der Waals surface area contributed by atoms with E-state index in [0.717, 1.165) is 12.1 Å². The highest BCUT2D eigenvalue weighted by Crippen LogP contribution is 2.30. The van der Waals surface area contributed by atoms with Gasteiger partial charge in [0, 0.05) is 24.2 Å². The van der Waals surface area contributed by atoms with E-state index in [1.54, 1.807) is 0 Å². The molecular weight excluding hydrogens is 445 g/mol. The zero-order chi connectivity index (χ0) is 24.4. The number of carbonyl (C=O) groups is 4. The largest absolute Gasteiger partial charge is 0.465 e. The molecule has 8 nitrogen and oxygen atoms in total. The predicted octanol–water partition coefficient (Wildman–Crippen LogP) is 3.78. The third kappa shape index (κ3) is 8.63. The van der Waals surface area contributed by atoms with Crippen molar-refractivity contribution in [3.05, 3.63) is 59.7 Å². The fourth-order valence-corrected chi connectivity index (χ4v) is 2.61. The summed E-state index contributed by atoms with van der Waals surface area (Å²) in [7, 11) is 1.25. The van der Waals surface area contributed by atoms with Crippen LogP contribution < -0.4 is 10.6 Å². The van der Waals surface area contributed by atoms with Gasteiger partial charge in [-0.1, -0.05) is 6.07 Å². The molecule has 0 saturated carbocycles. The highest BCUT2D eigenvalue weighted by molar-refractivity contribution is 5.94. The Balaban J connectivity index is 1.68. The van der Waals surface area contributed by atoms with E-state index in [1.807, 2.05) is 0 Å². The highest BCUT2D eigenvalue weighted by atomic mass is 19.4. The number of esters is 2. The van der Waals surface area contributed by atoms with Crippen LogP contribution in [0.25, 0.3) is 0 Å². The lowest BCUT2D eigenvalue weighted by molar-refractivity contribution is -0.147. The molecule has 0 aliphatic heterocycles. The lowest BCUT2D eigenvalue weighted by atomic mass is 10.2. The molecule has 2 amide bonds. The van der Waals surface area contributed by atoms with Gasteiger partial charge in [-0.05, 0) is 48.9 Å². The number of rotatable bonds is 9. The van der Waals surface area contributed by atoms with Gasteiger partial charge in [-0.15, -0.1) is 0 Å². The molecule has 0 spiro atoms. The molecule has 2 N–H and O–H groups in total. The smallest absolute Gasteiger partial charge is 0.416 e. The summed E-state index contributed by atoms with van der Waals surface area (Å²) in [4.78, 5) is 46.8. The first kappa shape index (κ1) is 25.4. The van der Waals surface area contributed by atoms with Gasteiger partial charge in [0.1, 0.15) is 0 Å². The van der Waals surface area contributed by atoms with Gasteiger partial charge < -0.3 is 20.1 Å². The number of hydrogen-bond acceptors (Lipinski definition) is 6. The van der Waals surface area contributed by atoms with Gasteiger partial charge in [0.15, 0.2) is 6.61 Å². The molecule has 0 heterocycles. The van der Waals surface area contributed by atoms with Crippen molar-refractivity contribution in [2.24, 2.45) is 0 Å². The van der Waals surface area contributed by atoms with Crippen LogP contribution in [0, 0.1) is 0 Å². The zero-order valence-electron chi connectivity index (χ0n) is 17.5. The maximum absolute atomic E-state index is 12.7. The number of ether oxygens (including phenoxy) is 2.